The summed E-state index contributed by atoms with van der Waals surface area (Å²) >= 11 is 0. The van der Waals surface area contributed by atoms with Crippen LogP contribution < -0.4 is 10.2 Å². The van der Waals surface area contributed by atoms with Crippen LogP contribution in [0.15, 0.2) is 36.8 Å². The molecule has 40 heavy (non-hydrogen) atoms. The van der Waals surface area contributed by atoms with Gasteiger partial charge in [0.2, 0.25) is 0 Å². The number of hydrogen-bond acceptors (Lipinski definition) is 7. The van der Waals surface area contributed by atoms with Crippen molar-refractivity contribution in [2.75, 3.05) is 36.5 Å². The number of piperazine rings is 1. The summed E-state index contributed by atoms with van der Waals surface area (Å²) < 4.78 is 23.4. The van der Waals surface area contributed by atoms with E-state index in [4.69, 9.17) is 4.74 Å². The van der Waals surface area contributed by atoms with E-state index in [2.05, 4.69) is 20.3 Å². The van der Waals surface area contributed by atoms with Crippen LogP contribution in [0.1, 0.15) is 43.7 Å². The molecular weight excluding hydrogens is 517 g/mol. The lowest BCUT2D eigenvalue weighted by Gasteiger charge is -2.42. The van der Waals surface area contributed by atoms with Crippen molar-refractivity contribution in [3.8, 4) is 0 Å². The van der Waals surface area contributed by atoms with Crippen LogP contribution in [0.25, 0.3) is 16.6 Å². The number of benzene rings is 1. The first-order chi connectivity index (χ1) is 19.0. The van der Waals surface area contributed by atoms with Crippen molar-refractivity contribution in [2.24, 2.45) is 0 Å². The lowest BCUT2D eigenvalue weighted by atomic mass is 10.1. The third-order valence-corrected chi connectivity index (χ3v) is 6.82. The Hall–Kier alpha value is -4.19. The summed E-state index contributed by atoms with van der Waals surface area (Å²) in [5, 5.41) is 18.3. The van der Waals surface area contributed by atoms with E-state index >= 15 is 0 Å². The number of aryl methyl sites for hydroxylation is 2. The van der Waals surface area contributed by atoms with E-state index in [1.165, 1.54) is 6.07 Å². The van der Waals surface area contributed by atoms with Gasteiger partial charge in [-0.1, -0.05) is 0 Å². The van der Waals surface area contributed by atoms with Crippen LogP contribution in [-0.4, -0.2) is 79.1 Å². The smallest absolute Gasteiger partial charge is 0.410 e. The van der Waals surface area contributed by atoms with E-state index in [0.717, 1.165) is 11.1 Å². The summed E-state index contributed by atoms with van der Waals surface area (Å²) in [7, 11) is 0. The second kappa shape index (κ2) is 10.4. The Morgan fingerprint density at radius 3 is 2.67 bits per heavy atom. The molecule has 11 nitrogen and oxygen atoms in total. The number of fused-ring (bicyclic) bond motifs is 2. The minimum Gasteiger partial charge on any atom is -0.444 e. The van der Waals surface area contributed by atoms with Gasteiger partial charge >= 0.3 is 6.09 Å². The third-order valence-electron chi connectivity index (χ3n) is 6.82. The number of imidazole rings is 1. The number of halogens is 1. The standard InChI is InChI=1S/C28H34FN7O4/c1-6-35-15-21-23(33-9-10-36(19(14-33)16-37)27(39)40-28(3,4)5)8-7-20(24(21)32-35)26(38)31-18-11-22(29)25-30-17(2)12-34(25)13-18/h7-8,11-13,15,19,37H,6,9-10,14,16H2,1-5H3,(H,31,38). The second-order valence-electron chi connectivity index (χ2n) is 11.0. The molecular formula is C28H34FN7O4. The lowest BCUT2D eigenvalue weighted by Crippen LogP contribution is -2.57. The van der Waals surface area contributed by atoms with Crippen LogP contribution in [0.2, 0.25) is 0 Å². The van der Waals surface area contributed by atoms with Crippen molar-refractivity contribution < 1.29 is 23.8 Å². The van der Waals surface area contributed by atoms with Crippen molar-refractivity contribution in [3.63, 3.8) is 0 Å². The van der Waals surface area contributed by atoms with Gasteiger partial charge in [-0.05, 0) is 46.8 Å². The third kappa shape index (κ3) is 5.31. The molecule has 1 aliphatic heterocycles. The van der Waals surface area contributed by atoms with E-state index in [0.29, 0.717) is 48.6 Å². The molecule has 5 rings (SSSR count). The number of rotatable bonds is 5. The highest BCUT2D eigenvalue weighted by Crippen LogP contribution is 2.31. The number of nitrogens with zero attached hydrogens (tertiary/aromatic N) is 6. The van der Waals surface area contributed by atoms with Gasteiger partial charge in [-0.15, -0.1) is 0 Å². The van der Waals surface area contributed by atoms with Crippen molar-refractivity contribution in [1.29, 1.82) is 0 Å². The first-order valence-corrected chi connectivity index (χ1v) is 13.3. The molecule has 0 bridgehead atoms. The molecule has 0 spiro atoms. The van der Waals surface area contributed by atoms with E-state index in [1.54, 1.807) is 39.4 Å². The Morgan fingerprint density at radius 1 is 1.20 bits per heavy atom. The summed E-state index contributed by atoms with van der Waals surface area (Å²) in [5.74, 6) is -0.956. The van der Waals surface area contributed by atoms with E-state index in [9.17, 15) is 19.1 Å². The first-order valence-electron chi connectivity index (χ1n) is 13.3. The highest BCUT2D eigenvalue weighted by molar-refractivity contribution is 6.14. The molecule has 12 heteroatoms. The predicted octanol–water partition coefficient (Wildman–Crippen LogP) is 3.82. The Bertz CT molecular complexity index is 1590. The zero-order chi connectivity index (χ0) is 28.8. The molecule has 2 N–H and O–H groups in total. The topological polar surface area (TPSA) is 117 Å². The molecule has 4 heterocycles. The molecule has 1 aromatic carbocycles. The minimum absolute atomic E-state index is 0.192. The zero-order valence-corrected chi connectivity index (χ0v) is 23.3. The Labute approximate surface area is 231 Å². The van der Waals surface area contributed by atoms with Crippen LogP contribution in [-0.2, 0) is 11.3 Å². The van der Waals surface area contributed by atoms with E-state index in [-0.39, 0.29) is 12.3 Å². The number of aliphatic hydroxyl groups excluding tert-OH is 1. The molecule has 2 amide bonds. The first kappa shape index (κ1) is 27.4. The van der Waals surface area contributed by atoms with Gasteiger partial charge in [-0.25, -0.2) is 14.2 Å². The number of amides is 2. The van der Waals surface area contributed by atoms with Gasteiger partial charge < -0.3 is 24.5 Å². The molecule has 1 unspecified atom stereocenters. The van der Waals surface area contributed by atoms with Crippen molar-refractivity contribution >= 4 is 39.9 Å². The number of carbonyl (C=O) groups excluding carboxylic acids is 2. The number of pyridine rings is 1. The molecule has 1 fully saturated rings. The molecule has 4 aromatic rings. The quantitative estimate of drug-likeness (QED) is 0.387. The Balaban J connectivity index is 1.43. The maximum absolute atomic E-state index is 14.6. The molecule has 1 saturated heterocycles. The van der Waals surface area contributed by atoms with Crippen molar-refractivity contribution in [2.45, 2.75) is 52.8 Å². The zero-order valence-electron chi connectivity index (χ0n) is 23.3. The summed E-state index contributed by atoms with van der Waals surface area (Å²) in [5.41, 5.74) is 2.21. The summed E-state index contributed by atoms with van der Waals surface area (Å²) in [6, 6.07) is 4.33. The molecule has 3 aromatic heterocycles. The summed E-state index contributed by atoms with van der Waals surface area (Å²) in [6.45, 7) is 10.8. The molecule has 0 radical (unpaired) electrons. The monoisotopic (exact) mass is 551 g/mol. The minimum atomic E-state index is -0.638. The van der Waals surface area contributed by atoms with Gasteiger partial charge in [0, 0.05) is 61.9 Å². The fourth-order valence-electron chi connectivity index (χ4n) is 5.00. The SMILES string of the molecule is CCn1cc2c(N3CCN(C(=O)OC(C)(C)C)C(CO)C3)ccc(C(=O)Nc3cc(F)c4nc(C)cn4c3)c2n1. The normalized spacial score (nSPS) is 16.1. The highest BCUT2D eigenvalue weighted by Gasteiger charge is 2.34. The van der Waals surface area contributed by atoms with Crippen LogP contribution in [0.3, 0.4) is 0 Å². The highest BCUT2D eigenvalue weighted by atomic mass is 19.1. The van der Waals surface area contributed by atoms with E-state index < -0.39 is 29.5 Å². The number of aromatic nitrogens is 4. The Morgan fingerprint density at radius 2 is 1.98 bits per heavy atom. The predicted molar refractivity (Wildman–Crippen MR) is 149 cm³/mol. The number of nitrogens with one attached hydrogen (secondary N) is 1. The van der Waals surface area contributed by atoms with Crippen molar-refractivity contribution in [3.05, 3.63) is 53.9 Å². The van der Waals surface area contributed by atoms with Gasteiger partial charge in [-0.2, -0.15) is 5.10 Å². The summed E-state index contributed by atoms with van der Waals surface area (Å²) in [4.78, 5) is 33.9. The van der Waals surface area contributed by atoms with Crippen LogP contribution in [0.4, 0.5) is 20.6 Å². The number of ether oxygens (including phenoxy) is 1. The fraction of sp³-hybridized carbons (Fsp3) is 0.429. The Kier molecular flexibility index (Phi) is 7.13. The number of carbonyl (C=O) groups is 2. The number of anilines is 2. The van der Waals surface area contributed by atoms with Gasteiger partial charge in [0.1, 0.15) is 11.1 Å². The molecule has 0 saturated carbocycles. The van der Waals surface area contributed by atoms with Crippen molar-refractivity contribution in [1.82, 2.24) is 24.1 Å². The second-order valence-corrected chi connectivity index (χ2v) is 11.0. The van der Waals surface area contributed by atoms with Crippen LogP contribution in [0.5, 0.6) is 0 Å². The molecule has 1 atom stereocenters. The van der Waals surface area contributed by atoms with Gasteiger partial charge in [0.25, 0.3) is 5.91 Å². The largest absolute Gasteiger partial charge is 0.444 e. The summed E-state index contributed by atoms with van der Waals surface area (Å²) in [6.07, 6.45) is 4.73. The number of aliphatic hydroxyl groups is 1. The van der Waals surface area contributed by atoms with Crippen LogP contribution in [0, 0.1) is 12.7 Å². The maximum Gasteiger partial charge on any atom is 0.410 e. The number of hydrogen-bond donors (Lipinski definition) is 2. The molecule has 1 aliphatic rings. The lowest BCUT2D eigenvalue weighted by molar-refractivity contribution is 0.00705. The van der Waals surface area contributed by atoms with Gasteiger partial charge in [0.05, 0.1) is 29.6 Å². The molecule has 0 aliphatic carbocycles. The fourth-order valence-corrected chi connectivity index (χ4v) is 5.00. The average molecular weight is 552 g/mol. The van der Waals surface area contributed by atoms with Gasteiger partial charge in [0.15, 0.2) is 11.5 Å². The molecule has 212 valence electrons. The van der Waals surface area contributed by atoms with Crippen LogP contribution >= 0.6 is 0 Å². The maximum atomic E-state index is 14.6. The van der Waals surface area contributed by atoms with E-state index in [1.807, 2.05) is 40.0 Å². The average Bonchev–Trinajstić information content (AvgIpc) is 3.50. The van der Waals surface area contributed by atoms with Gasteiger partial charge in [-0.3, -0.25) is 14.4 Å².